The normalized spacial score (nSPS) is 20.0. The third kappa shape index (κ3) is 6.34. The van der Waals surface area contributed by atoms with Crippen LogP contribution in [-0.4, -0.2) is 76.7 Å². The van der Waals surface area contributed by atoms with Crippen LogP contribution in [-0.2, 0) is 9.59 Å². The molecule has 4 rings (SSSR count). The van der Waals surface area contributed by atoms with E-state index in [4.69, 9.17) is 0 Å². The van der Waals surface area contributed by atoms with E-state index >= 15 is 0 Å². The highest BCUT2D eigenvalue weighted by atomic mass is 32.2. The number of hydrogen-bond acceptors (Lipinski definition) is 5. The van der Waals surface area contributed by atoms with Crippen LogP contribution in [0.25, 0.3) is 10.9 Å². The van der Waals surface area contributed by atoms with E-state index in [9.17, 15) is 14.4 Å². The van der Waals surface area contributed by atoms with Gasteiger partial charge < -0.3 is 15.1 Å². The number of rotatable bonds is 7. The van der Waals surface area contributed by atoms with Gasteiger partial charge in [0.25, 0.3) is 5.91 Å². The zero-order chi connectivity index (χ0) is 24.8. The lowest BCUT2D eigenvalue weighted by atomic mass is 9.92. The molecule has 3 amide bonds. The van der Waals surface area contributed by atoms with Gasteiger partial charge in [0.1, 0.15) is 11.7 Å². The fourth-order valence-corrected chi connectivity index (χ4v) is 5.60. The predicted octanol–water partition coefficient (Wildman–Crippen LogP) is 3.58. The predicted molar refractivity (Wildman–Crippen MR) is 140 cm³/mol. The van der Waals surface area contributed by atoms with Gasteiger partial charge in [-0.2, -0.15) is 11.8 Å². The molecule has 1 aromatic heterocycles. The van der Waals surface area contributed by atoms with Gasteiger partial charge in [0.05, 0.1) is 5.52 Å². The molecule has 2 fully saturated rings. The standard InChI is InChI=1S/C27H36N4O3S/c1-19-6-5-14-31(18-19)26(33)21-11-15-30(16-12-21)27(34)24(13-17-35-2)29-25(32)23-10-9-20-7-3-4-8-22(20)28-23/h3-4,7-10,19,21,24H,5-6,11-18H2,1-2H3,(H,29,32)/t19-,24+/m0/s1. The van der Waals surface area contributed by atoms with Crippen molar-refractivity contribution in [1.82, 2.24) is 20.1 Å². The van der Waals surface area contributed by atoms with Gasteiger partial charge in [-0.1, -0.05) is 31.2 Å². The Labute approximate surface area is 212 Å². The number of hydrogen-bond donors (Lipinski definition) is 1. The van der Waals surface area contributed by atoms with Crippen LogP contribution in [0.3, 0.4) is 0 Å². The average Bonchev–Trinajstić information content (AvgIpc) is 2.90. The summed E-state index contributed by atoms with van der Waals surface area (Å²) >= 11 is 1.65. The molecule has 0 bridgehead atoms. The van der Waals surface area contributed by atoms with Gasteiger partial charge in [0, 0.05) is 37.5 Å². The van der Waals surface area contributed by atoms with E-state index in [1.54, 1.807) is 17.8 Å². The summed E-state index contributed by atoms with van der Waals surface area (Å²) in [7, 11) is 0. The molecular weight excluding hydrogens is 460 g/mol. The molecule has 2 atom stereocenters. The number of amides is 3. The molecule has 8 heteroatoms. The zero-order valence-electron chi connectivity index (χ0n) is 20.7. The first-order valence-corrected chi connectivity index (χ1v) is 14.1. The Balaban J connectivity index is 1.36. The summed E-state index contributed by atoms with van der Waals surface area (Å²) in [4.78, 5) is 47.7. The molecule has 0 radical (unpaired) electrons. The minimum Gasteiger partial charge on any atom is -0.342 e. The summed E-state index contributed by atoms with van der Waals surface area (Å²) in [5.74, 6) is 1.17. The number of carbonyl (C=O) groups excluding carboxylic acids is 3. The largest absolute Gasteiger partial charge is 0.342 e. The first-order valence-electron chi connectivity index (χ1n) is 12.7. The third-order valence-electron chi connectivity index (χ3n) is 7.17. The zero-order valence-corrected chi connectivity index (χ0v) is 21.6. The maximum absolute atomic E-state index is 13.4. The summed E-state index contributed by atoms with van der Waals surface area (Å²) in [6.07, 6.45) is 6.19. The lowest BCUT2D eigenvalue weighted by Gasteiger charge is -2.38. The first-order chi connectivity index (χ1) is 17.0. The van der Waals surface area contributed by atoms with Crippen molar-refractivity contribution >= 4 is 40.4 Å². The molecule has 1 N–H and O–H groups in total. The highest BCUT2D eigenvalue weighted by Gasteiger charge is 2.34. The molecule has 3 heterocycles. The van der Waals surface area contributed by atoms with Crippen LogP contribution in [0.15, 0.2) is 36.4 Å². The van der Waals surface area contributed by atoms with E-state index in [2.05, 4.69) is 17.2 Å². The number of nitrogens with zero attached hydrogens (tertiary/aromatic N) is 3. The highest BCUT2D eigenvalue weighted by molar-refractivity contribution is 7.98. The Morgan fingerprint density at radius 1 is 1.06 bits per heavy atom. The lowest BCUT2D eigenvalue weighted by molar-refractivity contribution is -0.142. The van der Waals surface area contributed by atoms with Crippen molar-refractivity contribution in [2.24, 2.45) is 11.8 Å². The minimum absolute atomic E-state index is 0.00890. The number of para-hydroxylation sites is 1. The molecule has 7 nitrogen and oxygen atoms in total. The molecule has 35 heavy (non-hydrogen) atoms. The minimum atomic E-state index is -0.599. The Morgan fingerprint density at radius 2 is 1.83 bits per heavy atom. The van der Waals surface area contributed by atoms with E-state index in [1.165, 1.54) is 6.42 Å². The lowest BCUT2D eigenvalue weighted by Crippen LogP contribution is -2.52. The molecule has 188 valence electrons. The second-order valence-corrected chi connectivity index (χ2v) is 10.8. The molecule has 1 aromatic carbocycles. The monoisotopic (exact) mass is 496 g/mol. The summed E-state index contributed by atoms with van der Waals surface area (Å²) in [6, 6.07) is 10.6. The third-order valence-corrected chi connectivity index (χ3v) is 7.81. The number of aromatic nitrogens is 1. The smallest absolute Gasteiger partial charge is 0.270 e. The molecular formula is C27H36N4O3S. The molecule has 0 spiro atoms. The number of nitrogens with one attached hydrogen (secondary N) is 1. The van der Waals surface area contributed by atoms with Gasteiger partial charge in [-0.25, -0.2) is 4.98 Å². The second-order valence-electron chi connectivity index (χ2n) is 9.83. The Hall–Kier alpha value is -2.61. The van der Waals surface area contributed by atoms with Crippen LogP contribution in [0.2, 0.25) is 0 Å². The molecule has 2 aliphatic heterocycles. The van der Waals surface area contributed by atoms with Crippen molar-refractivity contribution in [1.29, 1.82) is 0 Å². The van der Waals surface area contributed by atoms with Crippen LogP contribution < -0.4 is 5.32 Å². The first kappa shape index (κ1) is 25.5. The van der Waals surface area contributed by atoms with Gasteiger partial charge in [-0.15, -0.1) is 0 Å². The molecule has 2 saturated heterocycles. The second kappa shape index (κ2) is 11.9. The van der Waals surface area contributed by atoms with Crippen LogP contribution >= 0.6 is 11.8 Å². The number of benzene rings is 1. The molecule has 0 unspecified atom stereocenters. The molecule has 2 aliphatic rings. The van der Waals surface area contributed by atoms with Crippen LogP contribution in [0, 0.1) is 11.8 Å². The summed E-state index contributed by atoms with van der Waals surface area (Å²) < 4.78 is 0. The Morgan fingerprint density at radius 3 is 2.57 bits per heavy atom. The van der Waals surface area contributed by atoms with Crippen molar-refractivity contribution in [3.05, 3.63) is 42.1 Å². The fourth-order valence-electron chi connectivity index (χ4n) is 5.13. The number of likely N-dealkylation sites (tertiary alicyclic amines) is 2. The number of thioether (sulfide) groups is 1. The van der Waals surface area contributed by atoms with E-state index in [1.807, 2.05) is 46.4 Å². The quantitative estimate of drug-likeness (QED) is 0.634. The molecule has 2 aromatic rings. The van der Waals surface area contributed by atoms with Crippen LogP contribution in [0.4, 0.5) is 0 Å². The van der Waals surface area contributed by atoms with Crippen molar-refractivity contribution in [3.63, 3.8) is 0 Å². The van der Waals surface area contributed by atoms with Crippen molar-refractivity contribution in [2.45, 2.75) is 45.1 Å². The van der Waals surface area contributed by atoms with Gasteiger partial charge in [0.15, 0.2) is 0 Å². The number of piperidine rings is 2. The summed E-state index contributed by atoms with van der Waals surface area (Å²) in [5, 5.41) is 3.91. The SMILES string of the molecule is CSCC[C@@H](NC(=O)c1ccc2ccccc2n1)C(=O)N1CCC(C(=O)N2CCC[C@H](C)C2)CC1. The van der Waals surface area contributed by atoms with Gasteiger partial charge in [-0.05, 0) is 62.2 Å². The van der Waals surface area contributed by atoms with Crippen molar-refractivity contribution in [3.8, 4) is 0 Å². The van der Waals surface area contributed by atoms with E-state index in [-0.39, 0.29) is 23.6 Å². The Kier molecular flexibility index (Phi) is 8.65. The fraction of sp³-hybridized carbons (Fsp3) is 0.556. The topological polar surface area (TPSA) is 82.6 Å². The van der Waals surface area contributed by atoms with E-state index in [0.717, 1.165) is 36.2 Å². The van der Waals surface area contributed by atoms with Crippen LogP contribution in [0.5, 0.6) is 0 Å². The number of fused-ring (bicyclic) bond motifs is 1. The number of carbonyl (C=O) groups is 3. The maximum atomic E-state index is 13.4. The average molecular weight is 497 g/mol. The van der Waals surface area contributed by atoms with Crippen molar-refractivity contribution in [2.75, 3.05) is 38.2 Å². The molecule has 0 saturated carbocycles. The highest BCUT2D eigenvalue weighted by Crippen LogP contribution is 2.24. The Bertz CT molecular complexity index is 1050. The maximum Gasteiger partial charge on any atom is 0.270 e. The van der Waals surface area contributed by atoms with Gasteiger partial charge in [-0.3, -0.25) is 14.4 Å². The molecule has 0 aliphatic carbocycles. The van der Waals surface area contributed by atoms with E-state index < -0.39 is 6.04 Å². The van der Waals surface area contributed by atoms with Gasteiger partial charge in [0.2, 0.25) is 11.8 Å². The summed E-state index contributed by atoms with van der Waals surface area (Å²) in [6.45, 7) is 5.02. The van der Waals surface area contributed by atoms with Crippen molar-refractivity contribution < 1.29 is 14.4 Å². The number of pyridine rings is 1. The van der Waals surface area contributed by atoms with E-state index in [0.29, 0.717) is 44.0 Å². The van der Waals surface area contributed by atoms with Gasteiger partial charge >= 0.3 is 0 Å². The van der Waals surface area contributed by atoms with Crippen LogP contribution in [0.1, 0.15) is 49.5 Å². The summed E-state index contributed by atoms with van der Waals surface area (Å²) in [5.41, 5.74) is 1.06.